The lowest BCUT2D eigenvalue weighted by Crippen LogP contribution is -2.45. The summed E-state index contributed by atoms with van der Waals surface area (Å²) in [5.41, 5.74) is 2.37. The maximum atomic E-state index is 13.8. The van der Waals surface area contributed by atoms with Crippen molar-refractivity contribution in [3.05, 3.63) is 65.0 Å². The quantitative estimate of drug-likeness (QED) is 0.861. The Morgan fingerprint density at radius 1 is 1.00 bits per heavy atom. The molecule has 1 N–H and O–H groups in total. The van der Waals surface area contributed by atoms with Crippen LogP contribution in [0, 0.1) is 5.82 Å². The molecule has 1 saturated heterocycles. The topological polar surface area (TPSA) is 53.0 Å². The Morgan fingerprint density at radius 3 is 2.04 bits per heavy atom. The summed E-state index contributed by atoms with van der Waals surface area (Å²) in [6.45, 7) is 5.23. The molecule has 3 rings (SSSR count). The van der Waals surface area contributed by atoms with Crippen molar-refractivity contribution < 1.29 is 19.0 Å². The van der Waals surface area contributed by atoms with E-state index in [4.69, 9.17) is 9.84 Å². The molecule has 1 fully saturated rings. The van der Waals surface area contributed by atoms with Crippen molar-refractivity contribution in [3.8, 4) is 5.75 Å². The summed E-state index contributed by atoms with van der Waals surface area (Å²) >= 11 is 0. The van der Waals surface area contributed by atoms with E-state index in [1.807, 2.05) is 18.2 Å². The predicted molar refractivity (Wildman–Crippen MR) is 96.9 cm³/mol. The second-order valence-corrected chi connectivity index (χ2v) is 6.52. The Morgan fingerprint density at radius 2 is 1.54 bits per heavy atom. The zero-order valence-corrected chi connectivity index (χ0v) is 14.8. The number of hydrogen-bond donors (Lipinski definition) is 1. The molecule has 0 unspecified atom stereocenters. The normalized spacial score (nSPS) is 15.8. The van der Waals surface area contributed by atoms with E-state index >= 15 is 0 Å². The van der Waals surface area contributed by atoms with Crippen molar-refractivity contribution in [3.63, 3.8) is 0 Å². The molecule has 2 aromatic carbocycles. The molecule has 1 aliphatic heterocycles. The molecule has 138 valence electrons. The van der Waals surface area contributed by atoms with Crippen LogP contribution in [0.25, 0.3) is 0 Å². The maximum Gasteiger partial charge on any atom is 0.335 e. The molecule has 0 amide bonds. The predicted octanol–water partition coefficient (Wildman–Crippen LogP) is 2.85. The summed E-state index contributed by atoms with van der Waals surface area (Å²) in [4.78, 5) is 15.6. The van der Waals surface area contributed by atoms with Gasteiger partial charge in [-0.15, -0.1) is 0 Å². The van der Waals surface area contributed by atoms with Crippen LogP contribution in [0.1, 0.15) is 21.5 Å². The molecule has 0 saturated carbocycles. The lowest BCUT2D eigenvalue weighted by molar-refractivity contribution is 0.0697. The van der Waals surface area contributed by atoms with Crippen LogP contribution in [0.5, 0.6) is 5.75 Å². The molecule has 0 aliphatic carbocycles. The molecule has 0 bridgehead atoms. The highest BCUT2D eigenvalue weighted by Gasteiger charge is 2.18. The first-order valence-electron chi connectivity index (χ1n) is 8.64. The van der Waals surface area contributed by atoms with Gasteiger partial charge >= 0.3 is 5.97 Å². The number of halogens is 1. The van der Waals surface area contributed by atoms with Gasteiger partial charge in [-0.3, -0.25) is 9.80 Å². The lowest BCUT2D eigenvalue weighted by atomic mass is 10.1. The van der Waals surface area contributed by atoms with Gasteiger partial charge in [0.1, 0.15) is 0 Å². The van der Waals surface area contributed by atoms with E-state index in [-0.39, 0.29) is 11.6 Å². The smallest absolute Gasteiger partial charge is 0.335 e. The summed E-state index contributed by atoms with van der Waals surface area (Å²) in [5, 5.41) is 8.95. The number of nitrogens with zero attached hydrogens (tertiary/aromatic N) is 2. The highest BCUT2D eigenvalue weighted by atomic mass is 19.1. The number of rotatable bonds is 6. The minimum absolute atomic E-state index is 0.271. The molecule has 26 heavy (non-hydrogen) atoms. The third kappa shape index (κ3) is 4.59. The van der Waals surface area contributed by atoms with Crippen molar-refractivity contribution >= 4 is 5.97 Å². The monoisotopic (exact) mass is 358 g/mol. The van der Waals surface area contributed by atoms with Crippen LogP contribution in [0.15, 0.2) is 42.5 Å². The first-order valence-corrected chi connectivity index (χ1v) is 8.64. The third-order valence-electron chi connectivity index (χ3n) is 4.69. The number of carboxylic acids is 1. The molecule has 2 aromatic rings. The van der Waals surface area contributed by atoms with E-state index < -0.39 is 5.97 Å². The highest BCUT2D eigenvalue weighted by molar-refractivity contribution is 5.87. The number of piperazine rings is 1. The van der Waals surface area contributed by atoms with Gasteiger partial charge in [-0.2, -0.15) is 0 Å². The van der Waals surface area contributed by atoms with E-state index in [9.17, 15) is 9.18 Å². The third-order valence-corrected chi connectivity index (χ3v) is 4.69. The number of benzene rings is 2. The fourth-order valence-electron chi connectivity index (χ4n) is 3.18. The molecule has 6 heteroatoms. The zero-order valence-electron chi connectivity index (χ0n) is 14.8. The number of methoxy groups -OCH3 is 1. The van der Waals surface area contributed by atoms with E-state index in [1.54, 1.807) is 18.2 Å². The largest absolute Gasteiger partial charge is 0.494 e. The van der Waals surface area contributed by atoms with Crippen molar-refractivity contribution in [2.24, 2.45) is 0 Å². The van der Waals surface area contributed by atoms with Gasteiger partial charge in [-0.05, 0) is 35.4 Å². The van der Waals surface area contributed by atoms with Crippen LogP contribution in [0.4, 0.5) is 4.39 Å². The van der Waals surface area contributed by atoms with Gasteiger partial charge in [-0.25, -0.2) is 9.18 Å². The van der Waals surface area contributed by atoms with Crippen LogP contribution in [0.3, 0.4) is 0 Å². The Bertz CT molecular complexity index is 756. The molecular formula is C20H23FN2O3. The fourth-order valence-corrected chi connectivity index (χ4v) is 3.18. The average molecular weight is 358 g/mol. The van der Waals surface area contributed by atoms with Crippen LogP contribution in [0.2, 0.25) is 0 Å². The lowest BCUT2D eigenvalue weighted by Gasteiger charge is -2.34. The molecule has 0 aromatic heterocycles. The summed E-state index contributed by atoms with van der Waals surface area (Å²) in [7, 11) is 1.46. The van der Waals surface area contributed by atoms with E-state index in [1.165, 1.54) is 13.2 Å². The Hall–Kier alpha value is -2.44. The first-order chi connectivity index (χ1) is 12.5. The van der Waals surface area contributed by atoms with Crippen molar-refractivity contribution in [2.75, 3.05) is 33.3 Å². The van der Waals surface area contributed by atoms with Gasteiger partial charge in [0, 0.05) is 39.3 Å². The molecule has 5 nitrogen and oxygen atoms in total. The fraction of sp³-hybridized carbons (Fsp3) is 0.350. The van der Waals surface area contributed by atoms with Gasteiger partial charge in [0.15, 0.2) is 11.6 Å². The summed E-state index contributed by atoms with van der Waals surface area (Å²) in [6, 6.07) is 12.1. The van der Waals surface area contributed by atoms with E-state index in [2.05, 4.69) is 9.80 Å². The molecule has 1 aliphatic rings. The minimum Gasteiger partial charge on any atom is -0.494 e. The molecule has 1 heterocycles. The summed E-state index contributed by atoms with van der Waals surface area (Å²) in [5.74, 6) is -0.957. The van der Waals surface area contributed by atoms with E-state index in [0.717, 1.165) is 50.4 Å². The van der Waals surface area contributed by atoms with Crippen LogP contribution in [-0.4, -0.2) is 54.2 Å². The van der Waals surface area contributed by atoms with Crippen molar-refractivity contribution in [1.29, 1.82) is 0 Å². The van der Waals surface area contributed by atoms with Gasteiger partial charge in [0.2, 0.25) is 0 Å². The van der Waals surface area contributed by atoms with E-state index in [0.29, 0.717) is 5.56 Å². The SMILES string of the molecule is COc1ccc(CN2CCN(Cc3ccc(C(=O)O)cc3)CC2)cc1F. The van der Waals surface area contributed by atoms with Crippen LogP contribution >= 0.6 is 0 Å². The number of ether oxygens (including phenoxy) is 1. The summed E-state index contributed by atoms with van der Waals surface area (Å²) < 4.78 is 18.8. The second kappa shape index (κ2) is 8.29. The summed E-state index contributed by atoms with van der Waals surface area (Å²) in [6.07, 6.45) is 0. The maximum absolute atomic E-state index is 13.8. The highest BCUT2D eigenvalue weighted by Crippen LogP contribution is 2.19. The molecule has 0 radical (unpaired) electrons. The second-order valence-electron chi connectivity index (χ2n) is 6.52. The Kier molecular flexibility index (Phi) is 5.85. The van der Waals surface area contributed by atoms with Crippen LogP contribution in [-0.2, 0) is 13.1 Å². The van der Waals surface area contributed by atoms with Crippen molar-refractivity contribution in [1.82, 2.24) is 9.80 Å². The Labute approximate surface area is 152 Å². The van der Waals surface area contributed by atoms with Gasteiger partial charge in [0.05, 0.1) is 12.7 Å². The zero-order chi connectivity index (χ0) is 18.5. The Balaban J connectivity index is 1.49. The number of hydrogen-bond acceptors (Lipinski definition) is 4. The van der Waals surface area contributed by atoms with Crippen LogP contribution < -0.4 is 4.74 Å². The average Bonchev–Trinajstić information content (AvgIpc) is 2.64. The molecule has 0 atom stereocenters. The first kappa shape index (κ1) is 18.4. The standard InChI is InChI=1S/C20H23FN2O3/c1-26-19-7-4-16(12-18(19)21)14-23-10-8-22(9-11-23)13-15-2-5-17(6-3-15)20(24)25/h2-7,12H,8-11,13-14H2,1H3,(H,24,25). The minimum atomic E-state index is -0.903. The van der Waals surface area contributed by atoms with Gasteiger partial charge in [-0.1, -0.05) is 18.2 Å². The van der Waals surface area contributed by atoms with Gasteiger partial charge < -0.3 is 9.84 Å². The number of carbonyl (C=O) groups is 1. The number of aromatic carboxylic acids is 1. The molecule has 0 spiro atoms. The van der Waals surface area contributed by atoms with Crippen molar-refractivity contribution in [2.45, 2.75) is 13.1 Å². The molecular weight excluding hydrogens is 335 g/mol. The number of carboxylic acid groups (broad SMARTS) is 1. The van der Waals surface area contributed by atoms with Gasteiger partial charge in [0.25, 0.3) is 0 Å².